The van der Waals surface area contributed by atoms with Gasteiger partial charge in [-0.3, -0.25) is 4.68 Å². The van der Waals surface area contributed by atoms with Crippen LogP contribution in [0.2, 0.25) is 0 Å². The second kappa shape index (κ2) is 7.75. The molecule has 0 fully saturated rings. The minimum atomic E-state index is 0.0291. The molecule has 0 aliphatic carbocycles. The minimum Gasteiger partial charge on any atom is -0.323 e. The predicted molar refractivity (Wildman–Crippen MR) is 93.3 cm³/mol. The maximum atomic E-state index is 6.46. The van der Waals surface area contributed by atoms with Gasteiger partial charge in [0.2, 0.25) is 0 Å². The van der Waals surface area contributed by atoms with Crippen LogP contribution in [-0.4, -0.2) is 35.3 Å². The lowest BCUT2D eigenvalue weighted by Crippen LogP contribution is -2.24. The molecule has 0 aliphatic rings. The summed E-state index contributed by atoms with van der Waals surface area (Å²) in [5.41, 5.74) is 7.93. The molecule has 1 aromatic heterocycles. The molecule has 0 bridgehead atoms. The van der Waals surface area contributed by atoms with Crippen molar-refractivity contribution in [2.45, 2.75) is 53.1 Å². The average Bonchev–Trinajstić information content (AvgIpc) is 2.65. The molecule has 0 amide bonds. The second-order valence-corrected chi connectivity index (χ2v) is 8.47. The van der Waals surface area contributed by atoms with Crippen LogP contribution in [0, 0.1) is 11.3 Å². The third-order valence-corrected chi connectivity index (χ3v) is 4.17. The van der Waals surface area contributed by atoms with Gasteiger partial charge in [-0.1, -0.05) is 27.7 Å². The van der Waals surface area contributed by atoms with E-state index in [0.717, 1.165) is 29.7 Å². The smallest absolute Gasteiger partial charge is 0.0694 e. The van der Waals surface area contributed by atoms with Gasteiger partial charge in [-0.25, -0.2) is 0 Å². The van der Waals surface area contributed by atoms with Gasteiger partial charge in [0.1, 0.15) is 0 Å². The van der Waals surface area contributed by atoms with Crippen LogP contribution < -0.4 is 5.73 Å². The lowest BCUT2D eigenvalue weighted by Gasteiger charge is -2.26. The molecule has 2 atom stereocenters. The molecule has 1 aromatic rings. The summed E-state index contributed by atoms with van der Waals surface area (Å²) < 4.78 is 3.06. The second-order valence-electron chi connectivity index (χ2n) is 7.62. The summed E-state index contributed by atoms with van der Waals surface area (Å²) in [5.74, 6) is 0.601. The number of likely N-dealkylation sites (N-methyl/N-ethyl adjacent to an activating group) is 1. The van der Waals surface area contributed by atoms with Gasteiger partial charge in [-0.15, -0.1) is 0 Å². The van der Waals surface area contributed by atoms with Gasteiger partial charge in [0.05, 0.1) is 22.9 Å². The van der Waals surface area contributed by atoms with Crippen molar-refractivity contribution in [2.75, 3.05) is 20.6 Å². The Hall–Kier alpha value is -0.390. The molecular weight excluding hydrogens is 328 g/mol. The van der Waals surface area contributed by atoms with E-state index < -0.39 is 0 Å². The van der Waals surface area contributed by atoms with Crippen molar-refractivity contribution < 1.29 is 0 Å². The van der Waals surface area contributed by atoms with Crippen molar-refractivity contribution in [3.8, 4) is 0 Å². The molecular formula is C16H31BrN4. The summed E-state index contributed by atoms with van der Waals surface area (Å²) in [4.78, 5) is 2.16. The Morgan fingerprint density at radius 2 is 2.00 bits per heavy atom. The number of nitrogens with zero attached hydrogens (tertiary/aromatic N) is 3. The average molecular weight is 359 g/mol. The first-order valence-corrected chi connectivity index (χ1v) is 8.51. The Morgan fingerprint density at radius 3 is 2.52 bits per heavy atom. The van der Waals surface area contributed by atoms with Crippen molar-refractivity contribution in [3.05, 3.63) is 16.4 Å². The largest absolute Gasteiger partial charge is 0.323 e. The molecule has 122 valence electrons. The van der Waals surface area contributed by atoms with Gasteiger partial charge < -0.3 is 10.6 Å². The third kappa shape index (κ3) is 6.49. The summed E-state index contributed by atoms with van der Waals surface area (Å²) in [5, 5.41) is 4.45. The van der Waals surface area contributed by atoms with Crippen LogP contribution in [0.3, 0.4) is 0 Å². The van der Waals surface area contributed by atoms with E-state index in [1.54, 1.807) is 0 Å². The highest BCUT2D eigenvalue weighted by atomic mass is 79.9. The Kier molecular flexibility index (Phi) is 6.88. The first-order valence-electron chi connectivity index (χ1n) is 7.71. The molecule has 21 heavy (non-hydrogen) atoms. The molecule has 0 spiro atoms. The zero-order chi connectivity index (χ0) is 16.2. The molecule has 0 aliphatic heterocycles. The number of aromatic nitrogens is 2. The van der Waals surface area contributed by atoms with Gasteiger partial charge >= 0.3 is 0 Å². The molecule has 5 heteroatoms. The van der Waals surface area contributed by atoms with E-state index in [-0.39, 0.29) is 6.04 Å². The number of hydrogen-bond acceptors (Lipinski definition) is 3. The first-order chi connectivity index (χ1) is 9.60. The zero-order valence-electron chi connectivity index (χ0n) is 14.4. The zero-order valence-corrected chi connectivity index (χ0v) is 15.9. The van der Waals surface area contributed by atoms with Crippen LogP contribution in [0.5, 0.6) is 0 Å². The molecule has 2 unspecified atom stereocenters. The maximum absolute atomic E-state index is 6.46. The highest BCUT2D eigenvalue weighted by Gasteiger charge is 2.22. The summed E-state index contributed by atoms with van der Waals surface area (Å²) in [6.45, 7) is 11.0. The van der Waals surface area contributed by atoms with Crippen LogP contribution in [0.1, 0.15) is 52.3 Å². The quantitative estimate of drug-likeness (QED) is 0.808. The van der Waals surface area contributed by atoms with Crippen molar-refractivity contribution in [3.63, 3.8) is 0 Å². The van der Waals surface area contributed by atoms with Gasteiger partial charge in [0.15, 0.2) is 0 Å². The number of rotatable bonds is 7. The van der Waals surface area contributed by atoms with Crippen molar-refractivity contribution >= 4 is 15.9 Å². The highest BCUT2D eigenvalue weighted by Crippen LogP contribution is 2.31. The predicted octanol–water partition coefficient (Wildman–Crippen LogP) is 3.67. The van der Waals surface area contributed by atoms with Crippen molar-refractivity contribution in [1.82, 2.24) is 14.7 Å². The standard InChI is InChI=1S/C16H31BrN4/c1-12(10-16(2,3)4)9-14(18)15-13(17)11-19-21(15)8-7-20(5)6/h11-12,14H,7-10,18H2,1-6H3. The summed E-state index contributed by atoms with van der Waals surface area (Å²) >= 11 is 3.60. The monoisotopic (exact) mass is 358 g/mol. The van der Waals surface area contributed by atoms with E-state index in [1.807, 2.05) is 10.9 Å². The SMILES string of the molecule is CC(CC(N)c1c(Br)cnn1CCN(C)C)CC(C)(C)C. The normalized spacial score (nSPS) is 15.5. The summed E-state index contributed by atoms with van der Waals surface area (Å²) in [6.07, 6.45) is 4.03. The Bertz CT molecular complexity index is 434. The van der Waals surface area contributed by atoms with E-state index in [9.17, 15) is 0 Å². The minimum absolute atomic E-state index is 0.0291. The van der Waals surface area contributed by atoms with Crippen molar-refractivity contribution in [2.24, 2.45) is 17.1 Å². The van der Waals surface area contributed by atoms with Gasteiger partial charge in [0.25, 0.3) is 0 Å². The molecule has 1 heterocycles. The molecule has 0 saturated carbocycles. The lowest BCUT2D eigenvalue weighted by molar-refractivity contribution is 0.282. The molecule has 4 nitrogen and oxygen atoms in total. The summed E-state index contributed by atoms with van der Waals surface area (Å²) in [6, 6.07) is 0.0291. The van der Waals surface area contributed by atoms with Crippen LogP contribution in [-0.2, 0) is 6.54 Å². The van der Waals surface area contributed by atoms with E-state index in [2.05, 4.69) is 67.7 Å². The molecule has 0 radical (unpaired) electrons. The molecule has 2 N–H and O–H groups in total. The fraction of sp³-hybridized carbons (Fsp3) is 0.812. The van der Waals surface area contributed by atoms with Crippen LogP contribution in [0.15, 0.2) is 10.7 Å². The highest BCUT2D eigenvalue weighted by molar-refractivity contribution is 9.10. The number of halogens is 1. The van der Waals surface area contributed by atoms with E-state index in [4.69, 9.17) is 5.73 Å². The number of nitrogens with two attached hydrogens (primary N) is 1. The van der Waals surface area contributed by atoms with Crippen LogP contribution in [0.25, 0.3) is 0 Å². The lowest BCUT2D eigenvalue weighted by atomic mass is 9.82. The molecule has 0 saturated heterocycles. The fourth-order valence-corrected chi connectivity index (χ4v) is 3.48. The van der Waals surface area contributed by atoms with E-state index >= 15 is 0 Å². The topological polar surface area (TPSA) is 47.1 Å². The summed E-state index contributed by atoms with van der Waals surface area (Å²) in [7, 11) is 4.15. The van der Waals surface area contributed by atoms with E-state index in [1.165, 1.54) is 6.42 Å². The fourth-order valence-electron chi connectivity index (χ4n) is 2.89. The van der Waals surface area contributed by atoms with Gasteiger partial charge in [-0.2, -0.15) is 5.10 Å². The Balaban J connectivity index is 2.73. The van der Waals surface area contributed by atoms with Crippen molar-refractivity contribution in [1.29, 1.82) is 0 Å². The Morgan fingerprint density at radius 1 is 1.38 bits per heavy atom. The van der Waals surface area contributed by atoms with Gasteiger partial charge in [-0.05, 0) is 54.2 Å². The maximum Gasteiger partial charge on any atom is 0.0694 e. The Labute approximate surface area is 138 Å². The van der Waals surface area contributed by atoms with Gasteiger partial charge in [0, 0.05) is 12.6 Å². The van der Waals surface area contributed by atoms with Crippen LogP contribution >= 0.6 is 15.9 Å². The first kappa shape index (κ1) is 18.7. The van der Waals surface area contributed by atoms with Crippen LogP contribution in [0.4, 0.5) is 0 Å². The molecule has 1 rings (SSSR count). The number of hydrogen-bond donors (Lipinski definition) is 1. The molecule has 0 aromatic carbocycles. The van der Waals surface area contributed by atoms with E-state index in [0.29, 0.717) is 11.3 Å². The third-order valence-electron chi connectivity index (χ3n) is 3.56.